The summed E-state index contributed by atoms with van der Waals surface area (Å²) in [4.78, 5) is 3.82. The van der Waals surface area contributed by atoms with Crippen LogP contribution in [0.15, 0.2) is 47.6 Å². The minimum Gasteiger partial charge on any atom is -0.396 e. The van der Waals surface area contributed by atoms with Crippen LogP contribution in [0.5, 0.6) is 0 Å². The van der Waals surface area contributed by atoms with Crippen molar-refractivity contribution in [2.24, 2.45) is 0 Å². The van der Waals surface area contributed by atoms with E-state index in [4.69, 9.17) is 11.0 Å². The number of benzene rings is 1. The van der Waals surface area contributed by atoms with Gasteiger partial charge in [-0.15, -0.1) is 0 Å². The minimum absolute atomic E-state index is 0.0794. The van der Waals surface area contributed by atoms with Crippen molar-refractivity contribution >= 4 is 21.4 Å². The van der Waals surface area contributed by atoms with Crippen LogP contribution in [-0.2, 0) is 10.0 Å². The van der Waals surface area contributed by atoms with Gasteiger partial charge in [-0.2, -0.15) is 13.7 Å². The highest BCUT2D eigenvalue weighted by molar-refractivity contribution is 7.92. The lowest BCUT2D eigenvalue weighted by Crippen LogP contribution is -2.28. The third-order valence-corrected chi connectivity index (χ3v) is 4.51. The van der Waals surface area contributed by atoms with Crippen molar-refractivity contribution in [2.45, 2.75) is 5.03 Å². The van der Waals surface area contributed by atoms with Gasteiger partial charge in [0.05, 0.1) is 23.0 Å². The van der Waals surface area contributed by atoms with Crippen LogP contribution in [0.3, 0.4) is 0 Å². The summed E-state index contributed by atoms with van der Waals surface area (Å²) < 4.78 is 26.0. The van der Waals surface area contributed by atoms with E-state index in [0.717, 1.165) is 4.31 Å². The Morgan fingerprint density at radius 3 is 2.70 bits per heavy atom. The Kier molecular flexibility index (Phi) is 3.59. The van der Waals surface area contributed by atoms with E-state index in [1.165, 1.54) is 25.4 Å². The number of hydrogen-bond donors (Lipinski definition) is 1. The van der Waals surface area contributed by atoms with E-state index in [1.807, 2.05) is 6.07 Å². The van der Waals surface area contributed by atoms with Crippen molar-refractivity contribution in [2.75, 3.05) is 17.1 Å². The lowest BCUT2D eigenvalue weighted by Gasteiger charge is -2.19. The van der Waals surface area contributed by atoms with Gasteiger partial charge in [0, 0.05) is 13.2 Å². The first-order valence-electron chi connectivity index (χ1n) is 5.66. The first kappa shape index (κ1) is 13.8. The van der Waals surface area contributed by atoms with E-state index in [2.05, 4.69) is 4.98 Å². The van der Waals surface area contributed by atoms with Crippen LogP contribution in [0.1, 0.15) is 5.56 Å². The summed E-state index contributed by atoms with van der Waals surface area (Å²) in [6.45, 7) is 0. The second-order valence-corrected chi connectivity index (χ2v) is 5.92. The maximum absolute atomic E-state index is 12.5. The van der Waals surface area contributed by atoms with E-state index in [1.54, 1.807) is 24.3 Å². The van der Waals surface area contributed by atoms with Gasteiger partial charge in [0.1, 0.15) is 0 Å². The predicted molar refractivity (Wildman–Crippen MR) is 75.4 cm³/mol. The average molecular weight is 288 g/mol. The topological polar surface area (TPSA) is 100 Å². The zero-order valence-corrected chi connectivity index (χ0v) is 11.5. The van der Waals surface area contributed by atoms with Gasteiger partial charge in [-0.3, -0.25) is 4.31 Å². The van der Waals surface area contributed by atoms with Crippen LogP contribution in [0.4, 0.5) is 11.4 Å². The fourth-order valence-corrected chi connectivity index (χ4v) is 2.87. The summed E-state index contributed by atoms with van der Waals surface area (Å²) in [6.07, 6.45) is 1.36. The molecule has 0 atom stereocenters. The van der Waals surface area contributed by atoms with Crippen LogP contribution in [0, 0.1) is 11.3 Å². The average Bonchev–Trinajstić information content (AvgIpc) is 2.46. The molecule has 1 aromatic heterocycles. The van der Waals surface area contributed by atoms with Gasteiger partial charge in [-0.05, 0) is 30.3 Å². The zero-order valence-electron chi connectivity index (χ0n) is 10.7. The fraction of sp³-hybridized carbons (Fsp3) is 0.0769. The van der Waals surface area contributed by atoms with Crippen LogP contribution >= 0.6 is 0 Å². The highest BCUT2D eigenvalue weighted by Gasteiger charge is 2.25. The van der Waals surface area contributed by atoms with Gasteiger partial charge in [-0.25, -0.2) is 4.98 Å². The standard InChI is InChI=1S/C13H12N4O2S/c1-17(11-5-2-4-10(8-11)9-14)20(18,19)13-12(15)6-3-7-16-13/h2-8H,15H2,1H3. The number of nitrogen functional groups attached to an aromatic ring is 1. The predicted octanol–water partition coefficient (Wildman–Crippen LogP) is 1.36. The number of pyridine rings is 1. The first-order chi connectivity index (χ1) is 9.46. The summed E-state index contributed by atoms with van der Waals surface area (Å²) in [7, 11) is -2.47. The minimum atomic E-state index is -3.86. The molecule has 0 spiro atoms. The summed E-state index contributed by atoms with van der Waals surface area (Å²) in [5.41, 5.74) is 6.48. The first-order valence-corrected chi connectivity index (χ1v) is 7.10. The summed E-state index contributed by atoms with van der Waals surface area (Å²) >= 11 is 0. The van der Waals surface area contributed by atoms with Crippen molar-refractivity contribution in [3.05, 3.63) is 48.2 Å². The van der Waals surface area contributed by atoms with Crippen LogP contribution in [-0.4, -0.2) is 20.4 Å². The van der Waals surface area contributed by atoms with Crippen molar-refractivity contribution in [3.8, 4) is 6.07 Å². The van der Waals surface area contributed by atoms with E-state index >= 15 is 0 Å². The Morgan fingerprint density at radius 2 is 2.05 bits per heavy atom. The number of hydrogen-bond acceptors (Lipinski definition) is 5. The van der Waals surface area contributed by atoms with Crippen molar-refractivity contribution < 1.29 is 8.42 Å². The lowest BCUT2D eigenvalue weighted by molar-refractivity contribution is 0.591. The normalized spacial score (nSPS) is 10.8. The molecule has 2 aromatic rings. The maximum atomic E-state index is 12.5. The molecule has 7 heteroatoms. The van der Waals surface area contributed by atoms with Gasteiger partial charge in [0.25, 0.3) is 10.0 Å². The van der Waals surface area contributed by atoms with E-state index in [0.29, 0.717) is 11.3 Å². The zero-order chi connectivity index (χ0) is 14.8. The molecule has 0 saturated carbocycles. The molecule has 0 amide bonds. The molecule has 1 heterocycles. The smallest absolute Gasteiger partial charge is 0.283 e. The molecule has 0 unspecified atom stereocenters. The molecule has 2 N–H and O–H groups in total. The van der Waals surface area contributed by atoms with Crippen molar-refractivity contribution in [3.63, 3.8) is 0 Å². The maximum Gasteiger partial charge on any atom is 0.283 e. The summed E-state index contributed by atoms with van der Waals surface area (Å²) in [6, 6.07) is 11.3. The number of nitriles is 1. The number of nitrogens with two attached hydrogens (primary N) is 1. The number of anilines is 2. The molecular formula is C13H12N4O2S. The SMILES string of the molecule is CN(c1cccc(C#N)c1)S(=O)(=O)c1ncccc1N. The highest BCUT2D eigenvalue weighted by Crippen LogP contribution is 2.24. The third-order valence-electron chi connectivity index (χ3n) is 2.74. The number of aromatic nitrogens is 1. The molecule has 6 nitrogen and oxygen atoms in total. The second kappa shape index (κ2) is 5.19. The van der Waals surface area contributed by atoms with Crippen LogP contribution in [0.2, 0.25) is 0 Å². The molecule has 0 bridgehead atoms. The van der Waals surface area contributed by atoms with Crippen molar-refractivity contribution in [1.82, 2.24) is 4.98 Å². The van der Waals surface area contributed by atoms with Gasteiger partial charge in [-0.1, -0.05) is 6.07 Å². The van der Waals surface area contributed by atoms with Gasteiger partial charge in [0.15, 0.2) is 5.03 Å². The van der Waals surface area contributed by atoms with Crippen molar-refractivity contribution in [1.29, 1.82) is 5.26 Å². The molecule has 1 aromatic carbocycles. The molecule has 0 aliphatic carbocycles. The summed E-state index contributed by atoms with van der Waals surface area (Å²) in [5, 5.41) is 8.65. The molecule has 20 heavy (non-hydrogen) atoms. The van der Waals surface area contributed by atoms with Gasteiger partial charge >= 0.3 is 0 Å². The molecular weight excluding hydrogens is 276 g/mol. The Hall–Kier alpha value is -2.59. The molecule has 0 aliphatic rings. The lowest BCUT2D eigenvalue weighted by atomic mass is 10.2. The molecule has 102 valence electrons. The molecule has 0 saturated heterocycles. The van der Waals surface area contributed by atoms with Crippen LogP contribution < -0.4 is 10.0 Å². The number of nitrogens with zero attached hydrogens (tertiary/aromatic N) is 3. The van der Waals surface area contributed by atoms with Crippen LogP contribution in [0.25, 0.3) is 0 Å². The fourth-order valence-electron chi connectivity index (χ4n) is 1.66. The van der Waals surface area contributed by atoms with E-state index < -0.39 is 10.0 Å². The highest BCUT2D eigenvalue weighted by atomic mass is 32.2. The van der Waals surface area contributed by atoms with Gasteiger partial charge in [0.2, 0.25) is 0 Å². The third kappa shape index (κ3) is 2.41. The van der Waals surface area contributed by atoms with E-state index in [9.17, 15) is 8.42 Å². The monoisotopic (exact) mass is 288 g/mol. The largest absolute Gasteiger partial charge is 0.396 e. The Balaban J connectivity index is 2.49. The Bertz CT molecular complexity index is 781. The number of sulfonamides is 1. The second-order valence-electron chi connectivity index (χ2n) is 4.03. The number of rotatable bonds is 3. The van der Waals surface area contributed by atoms with Gasteiger partial charge < -0.3 is 5.73 Å². The molecule has 0 aliphatic heterocycles. The quantitative estimate of drug-likeness (QED) is 0.919. The molecule has 2 rings (SSSR count). The Morgan fingerprint density at radius 1 is 1.30 bits per heavy atom. The summed E-state index contributed by atoms with van der Waals surface area (Å²) in [5.74, 6) is 0. The molecule has 0 radical (unpaired) electrons. The Labute approximate surface area is 117 Å². The molecule has 0 fully saturated rings. The van der Waals surface area contributed by atoms with E-state index in [-0.39, 0.29) is 10.7 Å².